The molecule has 0 radical (unpaired) electrons. The average Bonchev–Trinajstić information content (AvgIpc) is 3.10. The molecule has 9 nitrogen and oxygen atoms in total. The van der Waals surface area contributed by atoms with Gasteiger partial charge in [-0.15, -0.1) is 10.2 Å². The first-order chi connectivity index (χ1) is 13.4. The van der Waals surface area contributed by atoms with Gasteiger partial charge < -0.3 is 9.47 Å². The van der Waals surface area contributed by atoms with Crippen molar-refractivity contribution in [1.29, 1.82) is 0 Å². The maximum absolute atomic E-state index is 13.9. The summed E-state index contributed by atoms with van der Waals surface area (Å²) in [5.41, 5.74) is -0.216. The molecular formula is C17H21FN6O3S. The summed E-state index contributed by atoms with van der Waals surface area (Å²) in [5, 5.41) is 8.43. The lowest BCUT2D eigenvalue weighted by Crippen LogP contribution is -2.42. The second kappa shape index (κ2) is 7.21. The highest BCUT2D eigenvalue weighted by molar-refractivity contribution is 7.88. The van der Waals surface area contributed by atoms with E-state index in [1.807, 2.05) is 4.57 Å². The Morgan fingerprint density at radius 3 is 2.79 bits per heavy atom. The zero-order chi connectivity index (χ0) is 19.9. The minimum atomic E-state index is -3.35. The highest BCUT2D eigenvalue weighted by Crippen LogP contribution is 2.33. The number of pyridine rings is 1. The molecule has 2 aromatic rings. The molecule has 0 saturated carbocycles. The quantitative estimate of drug-likeness (QED) is 0.750. The lowest BCUT2D eigenvalue weighted by Gasteiger charge is -2.34. The normalized spacial score (nSPS) is 20.8. The SMILES string of the molecule is CS(=O)(=O)N1CCCCC1c1nnc2n1CCN(C(=O)c1ncccc1F)C2. The van der Waals surface area contributed by atoms with Gasteiger partial charge in [-0.05, 0) is 25.0 Å². The number of aromatic nitrogens is 4. The first-order valence-electron chi connectivity index (χ1n) is 9.15. The van der Waals surface area contributed by atoms with Gasteiger partial charge in [-0.3, -0.25) is 4.79 Å². The Kier molecular flexibility index (Phi) is 4.88. The number of sulfonamides is 1. The van der Waals surface area contributed by atoms with Crippen molar-refractivity contribution in [2.24, 2.45) is 0 Å². The number of nitrogens with zero attached hydrogens (tertiary/aromatic N) is 6. The minimum absolute atomic E-state index is 0.174. The number of amides is 1. The highest BCUT2D eigenvalue weighted by atomic mass is 32.2. The molecule has 1 unspecified atom stereocenters. The number of carbonyl (C=O) groups is 1. The number of carbonyl (C=O) groups excluding carboxylic acids is 1. The molecule has 0 aromatic carbocycles. The molecule has 0 bridgehead atoms. The molecule has 0 N–H and O–H groups in total. The summed E-state index contributed by atoms with van der Waals surface area (Å²) in [7, 11) is -3.35. The van der Waals surface area contributed by atoms with Crippen LogP contribution in [0.2, 0.25) is 0 Å². The Balaban J connectivity index is 1.58. The van der Waals surface area contributed by atoms with Crippen molar-refractivity contribution in [3.8, 4) is 0 Å². The lowest BCUT2D eigenvalue weighted by molar-refractivity contribution is 0.0693. The third kappa shape index (κ3) is 3.39. The van der Waals surface area contributed by atoms with Gasteiger partial charge in [0.25, 0.3) is 5.91 Å². The molecule has 11 heteroatoms. The summed E-state index contributed by atoms with van der Waals surface area (Å²) in [6.07, 6.45) is 5.02. The molecule has 1 fully saturated rings. The van der Waals surface area contributed by atoms with Gasteiger partial charge in [0.05, 0.1) is 18.8 Å². The van der Waals surface area contributed by atoms with Crippen molar-refractivity contribution < 1.29 is 17.6 Å². The van der Waals surface area contributed by atoms with Crippen LogP contribution in [0.25, 0.3) is 0 Å². The predicted octanol–water partition coefficient (Wildman–Crippen LogP) is 0.955. The third-order valence-corrected chi connectivity index (χ3v) is 6.50. The molecule has 1 saturated heterocycles. The fourth-order valence-electron chi connectivity index (χ4n) is 3.85. The molecular weight excluding hydrogens is 387 g/mol. The van der Waals surface area contributed by atoms with Crippen molar-refractivity contribution in [3.05, 3.63) is 41.5 Å². The van der Waals surface area contributed by atoms with Gasteiger partial charge in [0.2, 0.25) is 10.0 Å². The summed E-state index contributed by atoms with van der Waals surface area (Å²) in [4.78, 5) is 17.9. The molecule has 2 aliphatic rings. The van der Waals surface area contributed by atoms with E-state index in [0.29, 0.717) is 37.7 Å². The van der Waals surface area contributed by atoms with Crippen LogP contribution >= 0.6 is 0 Å². The highest BCUT2D eigenvalue weighted by Gasteiger charge is 2.36. The largest absolute Gasteiger partial charge is 0.328 e. The van der Waals surface area contributed by atoms with E-state index in [2.05, 4.69) is 15.2 Å². The number of piperidine rings is 1. The van der Waals surface area contributed by atoms with Crippen molar-refractivity contribution in [2.75, 3.05) is 19.3 Å². The molecule has 2 aromatic heterocycles. The number of fused-ring (bicyclic) bond motifs is 1. The number of hydrogen-bond donors (Lipinski definition) is 0. The van der Waals surface area contributed by atoms with Crippen LogP contribution in [0, 0.1) is 5.82 Å². The van der Waals surface area contributed by atoms with Gasteiger partial charge in [-0.1, -0.05) is 6.42 Å². The smallest absolute Gasteiger partial charge is 0.275 e. The average molecular weight is 408 g/mol. The first-order valence-corrected chi connectivity index (χ1v) is 11.0. The van der Waals surface area contributed by atoms with Crippen LogP contribution in [-0.2, 0) is 23.1 Å². The van der Waals surface area contributed by atoms with Crippen LogP contribution in [0.1, 0.15) is 47.4 Å². The van der Waals surface area contributed by atoms with E-state index in [4.69, 9.17) is 0 Å². The molecule has 150 valence electrons. The van der Waals surface area contributed by atoms with Crippen LogP contribution < -0.4 is 0 Å². The zero-order valence-electron chi connectivity index (χ0n) is 15.5. The topological polar surface area (TPSA) is 101 Å². The van der Waals surface area contributed by atoms with E-state index in [1.54, 1.807) is 0 Å². The maximum Gasteiger partial charge on any atom is 0.275 e. The number of rotatable bonds is 3. The van der Waals surface area contributed by atoms with E-state index >= 15 is 0 Å². The van der Waals surface area contributed by atoms with Gasteiger partial charge in [0.15, 0.2) is 23.2 Å². The molecule has 0 spiro atoms. The Hall–Kier alpha value is -2.40. The van der Waals surface area contributed by atoms with Crippen molar-refractivity contribution >= 4 is 15.9 Å². The zero-order valence-corrected chi connectivity index (χ0v) is 16.3. The van der Waals surface area contributed by atoms with Crippen LogP contribution in [0.4, 0.5) is 4.39 Å². The van der Waals surface area contributed by atoms with Gasteiger partial charge in [0, 0.05) is 25.8 Å². The second-order valence-electron chi connectivity index (χ2n) is 7.07. The predicted molar refractivity (Wildman–Crippen MR) is 97.1 cm³/mol. The Morgan fingerprint density at radius 2 is 2.04 bits per heavy atom. The summed E-state index contributed by atoms with van der Waals surface area (Å²) >= 11 is 0. The monoisotopic (exact) mass is 408 g/mol. The van der Waals surface area contributed by atoms with Crippen molar-refractivity contribution in [2.45, 2.75) is 38.4 Å². The summed E-state index contributed by atoms with van der Waals surface area (Å²) in [5.74, 6) is 0.0109. The maximum atomic E-state index is 13.9. The van der Waals surface area contributed by atoms with E-state index in [1.165, 1.54) is 33.8 Å². The molecule has 4 rings (SSSR count). The van der Waals surface area contributed by atoms with Crippen LogP contribution in [-0.4, -0.2) is 62.6 Å². The minimum Gasteiger partial charge on any atom is -0.328 e. The van der Waals surface area contributed by atoms with Crippen LogP contribution in [0.3, 0.4) is 0 Å². The summed E-state index contributed by atoms with van der Waals surface area (Å²) in [6, 6.07) is 2.29. The molecule has 2 aliphatic heterocycles. The molecule has 28 heavy (non-hydrogen) atoms. The Labute approximate surface area is 162 Å². The molecule has 4 heterocycles. The van der Waals surface area contributed by atoms with Gasteiger partial charge in [-0.2, -0.15) is 4.31 Å². The van der Waals surface area contributed by atoms with E-state index in [9.17, 15) is 17.6 Å². The summed E-state index contributed by atoms with van der Waals surface area (Å²) in [6.45, 7) is 1.41. The molecule has 1 amide bonds. The summed E-state index contributed by atoms with van der Waals surface area (Å²) < 4.78 is 41.6. The fraction of sp³-hybridized carbons (Fsp3) is 0.529. The second-order valence-corrected chi connectivity index (χ2v) is 9.01. The van der Waals surface area contributed by atoms with E-state index < -0.39 is 21.7 Å². The van der Waals surface area contributed by atoms with Crippen molar-refractivity contribution in [1.82, 2.24) is 29.0 Å². The number of hydrogen-bond acceptors (Lipinski definition) is 6. The van der Waals surface area contributed by atoms with Crippen molar-refractivity contribution in [3.63, 3.8) is 0 Å². The Bertz CT molecular complexity index is 1010. The van der Waals surface area contributed by atoms with Crippen LogP contribution in [0.15, 0.2) is 18.3 Å². The van der Waals surface area contributed by atoms with Gasteiger partial charge >= 0.3 is 0 Å². The molecule has 0 aliphatic carbocycles. The van der Waals surface area contributed by atoms with Gasteiger partial charge in [0.1, 0.15) is 0 Å². The lowest BCUT2D eigenvalue weighted by atomic mass is 10.0. The fourth-order valence-corrected chi connectivity index (χ4v) is 4.98. The Morgan fingerprint density at radius 1 is 1.21 bits per heavy atom. The van der Waals surface area contributed by atoms with E-state index in [0.717, 1.165) is 12.8 Å². The van der Waals surface area contributed by atoms with E-state index in [-0.39, 0.29) is 18.3 Å². The van der Waals surface area contributed by atoms with Crippen LogP contribution in [0.5, 0.6) is 0 Å². The number of halogens is 1. The van der Waals surface area contributed by atoms with Gasteiger partial charge in [-0.25, -0.2) is 17.8 Å². The molecule has 1 atom stereocenters. The standard InChI is InChI=1S/C17H21FN6O3S/c1-28(26,27)24-8-3-2-6-13(24)16-21-20-14-11-22(9-10-23(14)16)17(25)15-12(18)5-4-7-19-15/h4-5,7,13H,2-3,6,8-11H2,1H3. The third-order valence-electron chi connectivity index (χ3n) is 5.21. The first kappa shape index (κ1) is 18.9.